The van der Waals surface area contributed by atoms with Gasteiger partial charge >= 0.3 is 0 Å². The fourth-order valence-corrected chi connectivity index (χ4v) is 2.67. The van der Waals surface area contributed by atoms with Crippen molar-refractivity contribution in [1.29, 1.82) is 0 Å². The average Bonchev–Trinajstić information content (AvgIpc) is 2.71. The molecule has 0 N–H and O–H groups in total. The lowest BCUT2D eigenvalue weighted by atomic mass is 10.1. The van der Waals surface area contributed by atoms with Gasteiger partial charge in [0.2, 0.25) is 0 Å². The third kappa shape index (κ3) is 2.53. The second-order valence-electron chi connectivity index (χ2n) is 4.54. The van der Waals surface area contributed by atoms with Crippen LogP contribution in [-0.4, -0.2) is 22.1 Å². The summed E-state index contributed by atoms with van der Waals surface area (Å²) in [4.78, 5) is 4.61. The van der Waals surface area contributed by atoms with Crippen molar-refractivity contribution >= 4 is 21.6 Å². The summed E-state index contributed by atoms with van der Waals surface area (Å²) in [5, 5.41) is 0. The second kappa shape index (κ2) is 4.78. The van der Waals surface area contributed by atoms with Gasteiger partial charge in [-0.05, 0) is 47.3 Å². The molecule has 1 unspecified atom stereocenters. The lowest BCUT2D eigenvalue weighted by Gasteiger charge is -2.21. The van der Waals surface area contributed by atoms with Crippen molar-refractivity contribution in [2.45, 2.75) is 31.8 Å². The zero-order chi connectivity index (χ0) is 11.7. The molecule has 90 valence electrons. The fourth-order valence-electron chi connectivity index (χ4n) is 2.32. The molecule has 0 aromatic carbocycles. The van der Waals surface area contributed by atoms with Gasteiger partial charge in [0.25, 0.3) is 0 Å². The molecule has 0 spiro atoms. The molecule has 3 rings (SSSR count). The molecule has 0 amide bonds. The number of hydrogen-bond acceptors (Lipinski definition) is 2. The molecular weight excluding hydrogens is 280 g/mol. The van der Waals surface area contributed by atoms with Crippen molar-refractivity contribution in [3.05, 3.63) is 34.7 Å². The third-order valence-corrected chi connectivity index (χ3v) is 3.64. The van der Waals surface area contributed by atoms with Crippen LogP contribution in [-0.2, 0) is 11.2 Å². The largest absolute Gasteiger partial charge is 0.378 e. The van der Waals surface area contributed by atoms with Gasteiger partial charge in [0.15, 0.2) is 0 Å². The van der Waals surface area contributed by atoms with Crippen LogP contribution >= 0.6 is 15.9 Å². The Morgan fingerprint density at radius 3 is 3.12 bits per heavy atom. The van der Waals surface area contributed by atoms with Gasteiger partial charge in [0, 0.05) is 29.9 Å². The zero-order valence-corrected chi connectivity index (χ0v) is 11.2. The molecule has 2 aromatic rings. The monoisotopic (exact) mass is 294 g/mol. The summed E-state index contributed by atoms with van der Waals surface area (Å²) < 4.78 is 8.87. The summed E-state index contributed by atoms with van der Waals surface area (Å²) >= 11 is 3.47. The first-order chi connectivity index (χ1) is 8.31. The molecule has 4 heteroatoms. The van der Waals surface area contributed by atoms with Crippen molar-refractivity contribution in [3.8, 4) is 0 Å². The lowest BCUT2D eigenvalue weighted by molar-refractivity contribution is 0.0163. The van der Waals surface area contributed by atoms with E-state index in [1.54, 1.807) is 0 Å². The Morgan fingerprint density at radius 2 is 2.29 bits per heavy atom. The SMILES string of the molecule is Brc1ccc2nc(CC3CCCCO3)cn2c1. The van der Waals surface area contributed by atoms with E-state index in [9.17, 15) is 0 Å². The molecule has 0 aliphatic carbocycles. The Kier molecular flexibility index (Phi) is 3.16. The molecule has 1 fully saturated rings. The number of hydrogen-bond donors (Lipinski definition) is 0. The van der Waals surface area contributed by atoms with E-state index in [1.807, 2.05) is 18.3 Å². The van der Waals surface area contributed by atoms with Crippen LogP contribution in [0.3, 0.4) is 0 Å². The fraction of sp³-hybridized carbons (Fsp3) is 0.462. The van der Waals surface area contributed by atoms with Gasteiger partial charge in [-0.2, -0.15) is 0 Å². The van der Waals surface area contributed by atoms with Crippen LogP contribution in [0.15, 0.2) is 29.0 Å². The topological polar surface area (TPSA) is 26.5 Å². The minimum absolute atomic E-state index is 0.358. The van der Waals surface area contributed by atoms with Gasteiger partial charge in [0.1, 0.15) is 5.65 Å². The quantitative estimate of drug-likeness (QED) is 0.850. The van der Waals surface area contributed by atoms with Crippen LogP contribution in [0.5, 0.6) is 0 Å². The summed E-state index contributed by atoms with van der Waals surface area (Å²) in [6.45, 7) is 0.906. The first kappa shape index (κ1) is 11.2. The number of imidazole rings is 1. The van der Waals surface area contributed by atoms with Crippen molar-refractivity contribution in [2.75, 3.05) is 6.61 Å². The molecule has 1 aliphatic rings. The normalized spacial score (nSPS) is 20.9. The maximum atomic E-state index is 5.74. The molecule has 1 saturated heterocycles. The van der Waals surface area contributed by atoms with Crippen molar-refractivity contribution < 1.29 is 4.74 Å². The van der Waals surface area contributed by atoms with Gasteiger partial charge in [-0.3, -0.25) is 0 Å². The number of aromatic nitrogens is 2. The van der Waals surface area contributed by atoms with E-state index in [0.717, 1.165) is 35.3 Å². The van der Waals surface area contributed by atoms with Gasteiger partial charge in [0.05, 0.1) is 11.8 Å². The molecule has 17 heavy (non-hydrogen) atoms. The highest BCUT2D eigenvalue weighted by atomic mass is 79.9. The summed E-state index contributed by atoms with van der Waals surface area (Å²) in [6, 6.07) is 4.04. The summed E-state index contributed by atoms with van der Waals surface area (Å²) in [6.07, 6.45) is 9.07. The van der Waals surface area contributed by atoms with Crippen molar-refractivity contribution in [3.63, 3.8) is 0 Å². The molecule has 3 nitrogen and oxygen atoms in total. The van der Waals surface area contributed by atoms with Gasteiger partial charge in [-0.1, -0.05) is 0 Å². The van der Waals surface area contributed by atoms with Crippen LogP contribution in [0.1, 0.15) is 25.0 Å². The van der Waals surface area contributed by atoms with E-state index >= 15 is 0 Å². The summed E-state index contributed by atoms with van der Waals surface area (Å²) in [5.41, 5.74) is 2.12. The lowest BCUT2D eigenvalue weighted by Crippen LogP contribution is -2.21. The van der Waals surface area contributed by atoms with Crippen LogP contribution in [0, 0.1) is 0 Å². The number of fused-ring (bicyclic) bond motifs is 1. The highest BCUT2D eigenvalue weighted by Crippen LogP contribution is 2.18. The number of halogens is 1. The molecule has 0 saturated carbocycles. The number of ether oxygens (including phenoxy) is 1. The Morgan fingerprint density at radius 1 is 1.35 bits per heavy atom. The standard InChI is InChI=1S/C13H15BrN2O/c14-10-4-5-13-15-11(9-16(13)8-10)7-12-3-1-2-6-17-12/h4-5,8-9,12H,1-3,6-7H2. The maximum absolute atomic E-state index is 5.74. The van der Waals surface area contributed by atoms with Crippen LogP contribution in [0.2, 0.25) is 0 Å². The van der Waals surface area contributed by atoms with E-state index in [2.05, 4.69) is 31.5 Å². The predicted molar refractivity (Wildman–Crippen MR) is 70.2 cm³/mol. The molecule has 3 heterocycles. The Balaban J connectivity index is 1.80. The first-order valence-electron chi connectivity index (χ1n) is 6.06. The molecule has 0 radical (unpaired) electrons. The third-order valence-electron chi connectivity index (χ3n) is 3.18. The second-order valence-corrected chi connectivity index (χ2v) is 5.45. The molecule has 2 aromatic heterocycles. The molecule has 0 bridgehead atoms. The van der Waals surface area contributed by atoms with Crippen LogP contribution in [0.25, 0.3) is 5.65 Å². The highest BCUT2D eigenvalue weighted by molar-refractivity contribution is 9.10. The van der Waals surface area contributed by atoms with E-state index in [1.165, 1.54) is 12.8 Å². The van der Waals surface area contributed by atoms with Gasteiger partial charge in [-0.25, -0.2) is 4.98 Å². The van der Waals surface area contributed by atoms with E-state index in [0.29, 0.717) is 6.10 Å². The van der Waals surface area contributed by atoms with Crippen molar-refractivity contribution in [2.24, 2.45) is 0 Å². The number of nitrogens with zero attached hydrogens (tertiary/aromatic N) is 2. The Bertz CT molecular complexity index is 517. The predicted octanol–water partition coefficient (Wildman–Crippen LogP) is 3.21. The van der Waals surface area contributed by atoms with Crippen molar-refractivity contribution in [1.82, 2.24) is 9.38 Å². The minimum Gasteiger partial charge on any atom is -0.378 e. The molecule has 1 aliphatic heterocycles. The minimum atomic E-state index is 0.358. The molecular formula is C13H15BrN2O. The number of rotatable bonds is 2. The number of pyridine rings is 1. The van der Waals surface area contributed by atoms with E-state index in [4.69, 9.17) is 4.74 Å². The van der Waals surface area contributed by atoms with Gasteiger partial charge < -0.3 is 9.14 Å². The zero-order valence-electron chi connectivity index (χ0n) is 9.60. The first-order valence-corrected chi connectivity index (χ1v) is 6.85. The Hall–Kier alpha value is -0.870. The summed E-state index contributed by atoms with van der Waals surface area (Å²) in [5.74, 6) is 0. The highest BCUT2D eigenvalue weighted by Gasteiger charge is 2.15. The smallest absolute Gasteiger partial charge is 0.137 e. The molecule has 1 atom stereocenters. The Labute approximate surface area is 109 Å². The average molecular weight is 295 g/mol. The van der Waals surface area contributed by atoms with Crippen LogP contribution < -0.4 is 0 Å². The van der Waals surface area contributed by atoms with E-state index in [-0.39, 0.29) is 0 Å². The summed E-state index contributed by atoms with van der Waals surface area (Å²) in [7, 11) is 0. The maximum Gasteiger partial charge on any atom is 0.137 e. The van der Waals surface area contributed by atoms with E-state index < -0.39 is 0 Å². The van der Waals surface area contributed by atoms with Gasteiger partial charge in [-0.15, -0.1) is 0 Å². The van der Waals surface area contributed by atoms with Crippen LogP contribution in [0.4, 0.5) is 0 Å².